The Hall–Kier alpha value is -3.74. The van der Waals surface area contributed by atoms with E-state index in [0.717, 1.165) is 59.7 Å². The van der Waals surface area contributed by atoms with Crippen molar-refractivity contribution in [1.82, 2.24) is 19.3 Å². The van der Waals surface area contributed by atoms with Crippen LogP contribution in [0.2, 0.25) is 0 Å². The van der Waals surface area contributed by atoms with E-state index in [9.17, 15) is 9.18 Å². The molecule has 4 aromatic rings. The summed E-state index contributed by atoms with van der Waals surface area (Å²) in [6, 6.07) is 14.1. The van der Waals surface area contributed by atoms with Crippen LogP contribution in [0.1, 0.15) is 65.7 Å². The van der Waals surface area contributed by atoms with Gasteiger partial charge in [0.05, 0.1) is 5.69 Å². The monoisotopic (exact) mass is 457 g/mol. The number of fused-ring (bicyclic) bond motifs is 1. The highest BCUT2D eigenvalue weighted by Gasteiger charge is 2.25. The summed E-state index contributed by atoms with van der Waals surface area (Å²) < 4.78 is 17.4. The van der Waals surface area contributed by atoms with Crippen LogP contribution in [0.25, 0.3) is 5.69 Å². The largest absolute Gasteiger partial charge is 0.330 e. The van der Waals surface area contributed by atoms with Crippen LogP contribution in [-0.4, -0.2) is 25.2 Å². The van der Waals surface area contributed by atoms with Crippen molar-refractivity contribution in [3.63, 3.8) is 0 Å². The van der Waals surface area contributed by atoms with Crippen LogP contribution in [0.5, 0.6) is 0 Å². The number of carbonyl (C=O) groups is 1. The SMILES string of the molecule is CC(C)c1nccn1Cc1cccc(NC(=O)c2nn(-c3ccc(F)cc3)c3c2CCCC3)c1. The van der Waals surface area contributed by atoms with Gasteiger partial charge in [-0.05, 0) is 67.6 Å². The van der Waals surface area contributed by atoms with E-state index in [1.165, 1.54) is 12.1 Å². The molecule has 0 atom stereocenters. The topological polar surface area (TPSA) is 64.7 Å². The van der Waals surface area contributed by atoms with E-state index in [0.29, 0.717) is 18.2 Å². The second-order valence-corrected chi connectivity index (χ2v) is 9.09. The van der Waals surface area contributed by atoms with Gasteiger partial charge in [-0.3, -0.25) is 4.79 Å². The molecule has 1 aliphatic rings. The number of carbonyl (C=O) groups excluding carboxylic acids is 1. The lowest BCUT2D eigenvalue weighted by Gasteiger charge is -2.14. The molecule has 0 unspecified atom stereocenters. The van der Waals surface area contributed by atoms with Crippen molar-refractivity contribution in [2.75, 3.05) is 5.32 Å². The summed E-state index contributed by atoms with van der Waals surface area (Å²) in [6.45, 7) is 4.94. The molecule has 0 bridgehead atoms. The fourth-order valence-electron chi connectivity index (χ4n) is 4.67. The summed E-state index contributed by atoms with van der Waals surface area (Å²) in [6.07, 6.45) is 7.55. The van der Waals surface area contributed by atoms with E-state index < -0.39 is 0 Å². The molecule has 1 aliphatic carbocycles. The van der Waals surface area contributed by atoms with Gasteiger partial charge >= 0.3 is 0 Å². The highest BCUT2D eigenvalue weighted by molar-refractivity contribution is 6.04. The van der Waals surface area contributed by atoms with Crippen molar-refractivity contribution in [3.05, 3.63) is 95.1 Å². The zero-order valence-electron chi connectivity index (χ0n) is 19.5. The van der Waals surface area contributed by atoms with Crippen LogP contribution in [0.4, 0.5) is 10.1 Å². The summed E-state index contributed by atoms with van der Waals surface area (Å²) in [4.78, 5) is 17.8. The molecule has 0 saturated heterocycles. The van der Waals surface area contributed by atoms with Gasteiger partial charge < -0.3 is 9.88 Å². The first kappa shape index (κ1) is 22.1. The first-order valence-electron chi connectivity index (χ1n) is 11.8. The van der Waals surface area contributed by atoms with Crippen LogP contribution in [0, 0.1) is 5.82 Å². The Morgan fingerprint density at radius 3 is 2.71 bits per heavy atom. The lowest BCUT2D eigenvalue weighted by atomic mass is 9.95. The second-order valence-electron chi connectivity index (χ2n) is 9.09. The number of aromatic nitrogens is 4. The van der Waals surface area contributed by atoms with Crippen LogP contribution in [0.3, 0.4) is 0 Å². The summed E-state index contributed by atoms with van der Waals surface area (Å²) in [5, 5.41) is 7.71. The summed E-state index contributed by atoms with van der Waals surface area (Å²) in [5.41, 5.74) is 5.05. The van der Waals surface area contributed by atoms with Gasteiger partial charge in [-0.1, -0.05) is 26.0 Å². The van der Waals surface area contributed by atoms with E-state index in [1.54, 1.807) is 16.8 Å². The Morgan fingerprint density at radius 1 is 1.12 bits per heavy atom. The molecule has 34 heavy (non-hydrogen) atoms. The van der Waals surface area contributed by atoms with Crippen LogP contribution >= 0.6 is 0 Å². The maximum absolute atomic E-state index is 13.4. The number of rotatable bonds is 6. The third-order valence-electron chi connectivity index (χ3n) is 6.27. The van der Waals surface area contributed by atoms with Crippen molar-refractivity contribution >= 4 is 11.6 Å². The van der Waals surface area contributed by atoms with Gasteiger partial charge in [-0.25, -0.2) is 14.1 Å². The molecule has 0 saturated carbocycles. The normalized spacial score (nSPS) is 13.2. The fraction of sp³-hybridized carbons (Fsp3) is 0.296. The molecule has 2 aromatic carbocycles. The van der Waals surface area contributed by atoms with Gasteiger partial charge in [0, 0.05) is 41.8 Å². The Labute approximate surface area is 198 Å². The van der Waals surface area contributed by atoms with E-state index in [2.05, 4.69) is 33.8 Å². The number of imidazole rings is 1. The molecule has 0 aliphatic heterocycles. The molecule has 5 rings (SSSR count). The van der Waals surface area contributed by atoms with Gasteiger partial charge in [0.2, 0.25) is 0 Å². The van der Waals surface area contributed by atoms with Crippen LogP contribution < -0.4 is 5.32 Å². The zero-order chi connectivity index (χ0) is 23.7. The van der Waals surface area contributed by atoms with Gasteiger partial charge in [-0.15, -0.1) is 0 Å². The molecule has 0 radical (unpaired) electrons. The number of hydrogen-bond acceptors (Lipinski definition) is 3. The van der Waals surface area contributed by atoms with Gasteiger partial charge in [0.15, 0.2) is 5.69 Å². The number of halogens is 1. The summed E-state index contributed by atoms with van der Waals surface area (Å²) in [5.74, 6) is 0.855. The molecule has 6 nitrogen and oxygen atoms in total. The minimum absolute atomic E-state index is 0.221. The molecule has 7 heteroatoms. The van der Waals surface area contributed by atoms with Gasteiger partial charge in [0.25, 0.3) is 5.91 Å². The molecule has 2 aromatic heterocycles. The molecule has 174 valence electrons. The molecular weight excluding hydrogens is 429 g/mol. The maximum Gasteiger partial charge on any atom is 0.276 e. The molecular formula is C27H28FN5O. The van der Waals surface area contributed by atoms with Crippen molar-refractivity contribution in [1.29, 1.82) is 0 Å². The van der Waals surface area contributed by atoms with E-state index in [4.69, 9.17) is 0 Å². The van der Waals surface area contributed by atoms with Gasteiger partial charge in [0.1, 0.15) is 11.6 Å². The molecule has 2 heterocycles. The minimum Gasteiger partial charge on any atom is -0.330 e. The average molecular weight is 458 g/mol. The lowest BCUT2D eigenvalue weighted by Crippen LogP contribution is -2.16. The molecule has 0 spiro atoms. The Bertz CT molecular complexity index is 1320. The summed E-state index contributed by atoms with van der Waals surface area (Å²) >= 11 is 0. The van der Waals surface area contributed by atoms with Gasteiger partial charge in [-0.2, -0.15) is 5.10 Å². The highest BCUT2D eigenvalue weighted by Crippen LogP contribution is 2.28. The first-order valence-corrected chi connectivity index (χ1v) is 11.8. The zero-order valence-corrected chi connectivity index (χ0v) is 19.5. The third kappa shape index (κ3) is 4.38. The summed E-state index contributed by atoms with van der Waals surface area (Å²) in [7, 11) is 0. The average Bonchev–Trinajstić information content (AvgIpc) is 3.45. The third-order valence-corrected chi connectivity index (χ3v) is 6.27. The first-order chi connectivity index (χ1) is 16.5. The van der Waals surface area contributed by atoms with E-state index in [1.807, 2.05) is 36.7 Å². The smallest absolute Gasteiger partial charge is 0.276 e. The van der Waals surface area contributed by atoms with E-state index in [-0.39, 0.29) is 11.7 Å². The van der Waals surface area contributed by atoms with Crippen molar-refractivity contribution in [2.45, 2.75) is 52.0 Å². The van der Waals surface area contributed by atoms with Crippen LogP contribution in [0.15, 0.2) is 60.9 Å². The lowest BCUT2D eigenvalue weighted by molar-refractivity contribution is 0.102. The Morgan fingerprint density at radius 2 is 1.91 bits per heavy atom. The van der Waals surface area contributed by atoms with E-state index >= 15 is 0 Å². The van der Waals surface area contributed by atoms with Crippen LogP contribution in [-0.2, 0) is 19.4 Å². The molecule has 1 amide bonds. The van der Waals surface area contributed by atoms with Crippen molar-refractivity contribution < 1.29 is 9.18 Å². The number of amides is 1. The fourth-order valence-corrected chi connectivity index (χ4v) is 4.67. The highest BCUT2D eigenvalue weighted by atomic mass is 19.1. The maximum atomic E-state index is 13.4. The second kappa shape index (κ2) is 9.25. The number of anilines is 1. The predicted octanol–water partition coefficient (Wildman–Crippen LogP) is 5.51. The van der Waals surface area contributed by atoms with Crippen molar-refractivity contribution in [3.8, 4) is 5.69 Å². The molecule has 0 fully saturated rings. The quantitative estimate of drug-likeness (QED) is 0.415. The predicted molar refractivity (Wildman–Crippen MR) is 130 cm³/mol. The molecule has 1 N–H and O–H groups in total. The number of nitrogens with one attached hydrogen (secondary N) is 1. The number of benzene rings is 2. The minimum atomic E-state index is -0.293. The Balaban J connectivity index is 1.40. The Kier molecular flexibility index (Phi) is 6.01. The van der Waals surface area contributed by atoms with Crippen molar-refractivity contribution in [2.24, 2.45) is 0 Å². The standard InChI is InChI=1S/C27H28FN5O/c1-18(2)26-29-14-15-32(26)17-19-6-5-7-21(16-19)30-27(34)25-23-8-3-4-9-24(23)33(31-25)22-12-10-20(28)11-13-22/h5-7,10-16,18H,3-4,8-9,17H2,1-2H3,(H,30,34). The number of nitrogens with zero attached hydrogens (tertiary/aromatic N) is 4. The number of hydrogen-bond donors (Lipinski definition) is 1.